The molecule has 0 spiro atoms. The summed E-state index contributed by atoms with van der Waals surface area (Å²) >= 11 is 1.07. The fourth-order valence-corrected chi connectivity index (χ4v) is 3.36. The summed E-state index contributed by atoms with van der Waals surface area (Å²) in [5.41, 5.74) is 0. The predicted molar refractivity (Wildman–Crippen MR) is 79.5 cm³/mol. The Labute approximate surface area is 122 Å². The monoisotopic (exact) mass is 294 g/mol. The average Bonchev–Trinajstić information content (AvgIpc) is 2.83. The van der Waals surface area contributed by atoms with Crippen LogP contribution in [0.3, 0.4) is 0 Å². The van der Waals surface area contributed by atoms with E-state index in [1.807, 2.05) is 4.90 Å². The zero-order valence-corrected chi connectivity index (χ0v) is 12.4. The van der Waals surface area contributed by atoms with Gasteiger partial charge < -0.3 is 4.90 Å². The third-order valence-electron chi connectivity index (χ3n) is 3.36. The molecule has 0 unspecified atom stereocenters. The van der Waals surface area contributed by atoms with E-state index in [9.17, 15) is 14.9 Å². The number of thiophene rings is 1. The van der Waals surface area contributed by atoms with Crippen molar-refractivity contribution in [2.45, 2.75) is 20.3 Å². The molecule has 6 heteroatoms. The Bertz CT molecular complexity index is 528. The minimum absolute atomic E-state index is 0.0144. The third-order valence-corrected chi connectivity index (χ3v) is 4.37. The van der Waals surface area contributed by atoms with Gasteiger partial charge in [-0.15, -0.1) is 0 Å². The lowest BCUT2D eigenvalue weighted by molar-refractivity contribution is -0.380. The largest absolute Gasteiger partial charge is 0.339 e. The van der Waals surface area contributed by atoms with Gasteiger partial charge in [-0.05, 0) is 30.4 Å². The summed E-state index contributed by atoms with van der Waals surface area (Å²) in [6, 6.07) is 3.12. The van der Waals surface area contributed by atoms with Crippen LogP contribution in [0.1, 0.15) is 25.1 Å². The van der Waals surface area contributed by atoms with Crippen molar-refractivity contribution in [2.24, 2.45) is 11.8 Å². The standard InChI is InChI=1S/C14H18N2O3S/c1-10-7-11(2)9-15(8-10)13(17)5-3-12-4-6-14(20-12)16(18)19/h3-6,10-11H,7-9H2,1-2H3/b5-3+/t10-,11-/m1/s1. The SMILES string of the molecule is C[C@@H]1C[C@@H](C)CN(C(=O)/C=C/c2ccc([N+](=O)[O-])s2)C1. The van der Waals surface area contributed by atoms with Crippen molar-refractivity contribution in [1.82, 2.24) is 4.90 Å². The van der Waals surface area contributed by atoms with E-state index in [1.165, 1.54) is 12.1 Å². The van der Waals surface area contributed by atoms with Gasteiger partial charge in [-0.3, -0.25) is 14.9 Å². The molecule has 1 saturated heterocycles. The highest BCUT2D eigenvalue weighted by Gasteiger charge is 2.24. The van der Waals surface area contributed by atoms with Gasteiger partial charge in [-0.25, -0.2) is 0 Å². The number of hydrogen-bond acceptors (Lipinski definition) is 4. The molecule has 108 valence electrons. The van der Waals surface area contributed by atoms with Crippen molar-refractivity contribution < 1.29 is 9.72 Å². The molecule has 1 aliphatic heterocycles. The Balaban J connectivity index is 1.99. The summed E-state index contributed by atoms with van der Waals surface area (Å²) in [4.78, 5) is 24.9. The van der Waals surface area contributed by atoms with Crippen LogP contribution in [0, 0.1) is 22.0 Å². The third kappa shape index (κ3) is 3.66. The first kappa shape index (κ1) is 14.7. The average molecular weight is 294 g/mol. The predicted octanol–water partition coefficient (Wildman–Crippen LogP) is 3.17. The van der Waals surface area contributed by atoms with Crippen LogP contribution in [0.4, 0.5) is 5.00 Å². The van der Waals surface area contributed by atoms with Crippen LogP contribution in [0.5, 0.6) is 0 Å². The van der Waals surface area contributed by atoms with E-state index in [0.717, 1.165) is 35.7 Å². The summed E-state index contributed by atoms with van der Waals surface area (Å²) in [6.45, 7) is 5.89. The Morgan fingerprint density at radius 1 is 1.40 bits per heavy atom. The number of rotatable bonds is 3. The summed E-state index contributed by atoms with van der Waals surface area (Å²) < 4.78 is 0. The van der Waals surface area contributed by atoms with E-state index in [2.05, 4.69) is 13.8 Å². The molecule has 1 aliphatic rings. The van der Waals surface area contributed by atoms with E-state index >= 15 is 0 Å². The fraction of sp³-hybridized carbons (Fsp3) is 0.500. The fourth-order valence-electron chi connectivity index (χ4n) is 2.63. The molecular weight excluding hydrogens is 276 g/mol. The maximum absolute atomic E-state index is 12.1. The molecular formula is C14H18N2O3S. The molecule has 0 saturated carbocycles. The van der Waals surface area contributed by atoms with Crippen LogP contribution < -0.4 is 0 Å². The highest BCUT2D eigenvalue weighted by atomic mass is 32.1. The van der Waals surface area contributed by atoms with Crippen LogP contribution in [-0.4, -0.2) is 28.8 Å². The summed E-state index contributed by atoms with van der Waals surface area (Å²) in [5, 5.41) is 10.7. The summed E-state index contributed by atoms with van der Waals surface area (Å²) in [7, 11) is 0. The molecule has 0 aromatic carbocycles. The van der Waals surface area contributed by atoms with Gasteiger partial charge in [0.1, 0.15) is 0 Å². The molecule has 5 nitrogen and oxygen atoms in total. The number of carbonyl (C=O) groups excluding carboxylic acids is 1. The maximum Gasteiger partial charge on any atom is 0.324 e. The Kier molecular flexibility index (Phi) is 4.54. The number of likely N-dealkylation sites (tertiary alicyclic amines) is 1. The van der Waals surface area contributed by atoms with Gasteiger partial charge in [0, 0.05) is 30.1 Å². The second-order valence-electron chi connectivity index (χ2n) is 5.46. The molecule has 2 atom stereocenters. The van der Waals surface area contributed by atoms with E-state index in [-0.39, 0.29) is 10.9 Å². The van der Waals surface area contributed by atoms with Crippen molar-refractivity contribution in [3.63, 3.8) is 0 Å². The molecule has 2 rings (SSSR count). The van der Waals surface area contributed by atoms with Crippen LogP contribution in [0.15, 0.2) is 18.2 Å². The highest BCUT2D eigenvalue weighted by Crippen LogP contribution is 2.25. The lowest BCUT2D eigenvalue weighted by atomic mass is 9.92. The molecule has 0 N–H and O–H groups in total. The molecule has 2 heterocycles. The number of nitro groups is 1. The lowest BCUT2D eigenvalue weighted by Gasteiger charge is -2.34. The van der Waals surface area contributed by atoms with Gasteiger partial charge in [-0.2, -0.15) is 0 Å². The quantitative estimate of drug-likeness (QED) is 0.488. The van der Waals surface area contributed by atoms with Crippen LogP contribution in [0.25, 0.3) is 6.08 Å². The molecule has 0 bridgehead atoms. The summed E-state index contributed by atoms with van der Waals surface area (Å²) in [6.07, 6.45) is 4.33. The number of nitrogens with zero attached hydrogens (tertiary/aromatic N) is 2. The van der Waals surface area contributed by atoms with Gasteiger partial charge >= 0.3 is 5.00 Å². The molecule has 1 amide bonds. The first-order valence-electron chi connectivity index (χ1n) is 6.67. The van der Waals surface area contributed by atoms with Crippen LogP contribution in [-0.2, 0) is 4.79 Å². The highest BCUT2D eigenvalue weighted by molar-refractivity contribution is 7.16. The first-order valence-corrected chi connectivity index (χ1v) is 7.48. The van der Waals surface area contributed by atoms with E-state index < -0.39 is 4.92 Å². The minimum atomic E-state index is -0.419. The van der Waals surface area contributed by atoms with Crippen molar-refractivity contribution in [1.29, 1.82) is 0 Å². The van der Waals surface area contributed by atoms with E-state index in [1.54, 1.807) is 12.1 Å². The van der Waals surface area contributed by atoms with Gasteiger partial charge in [0.05, 0.1) is 4.92 Å². The summed E-state index contributed by atoms with van der Waals surface area (Å²) in [5.74, 6) is 1.04. The van der Waals surface area contributed by atoms with Crippen molar-refractivity contribution in [2.75, 3.05) is 13.1 Å². The van der Waals surface area contributed by atoms with Crippen molar-refractivity contribution in [3.05, 3.63) is 33.2 Å². The second kappa shape index (κ2) is 6.17. The molecule has 20 heavy (non-hydrogen) atoms. The van der Waals surface area contributed by atoms with Crippen molar-refractivity contribution >= 4 is 28.3 Å². The Hall–Kier alpha value is -1.69. The van der Waals surface area contributed by atoms with Gasteiger partial charge in [0.25, 0.3) is 0 Å². The number of piperidine rings is 1. The molecule has 0 radical (unpaired) electrons. The molecule has 1 aromatic rings. The second-order valence-corrected chi connectivity index (χ2v) is 6.55. The van der Waals surface area contributed by atoms with Crippen molar-refractivity contribution in [3.8, 4) is 0 Å². The zero-order chi connectivity index (χ0) is 14.7. The topological polar surface area (TPSA) is 63.5 Å². The zero-order valence-electron chi connectivity index (χ0n) is 11.6. The van der Waals surface area contributed by atoms with Crippen LogP contribution in [0.2, 0.25) is 0 Å². The van der Waals surface area contributed by atoms with Crippen LogP contribution >= 0.6 is 11.3 Å². The number of carbonyl (C=O) groups is 1. The van der Waals surface area contributed by atoms with Gasteiger partial charge in [-0.1, -0.05) is 25.2 Å². The lowest BCUT2D eigenvalue weighted by Crippen LogP contribution is -2.41. The molecule has 0 aliphatic carbocycles. The minimum Gasteiger partial charge on any atom is -0.339 e. The molecule has 1 aromatic heterocycles. The Morgan fingerprint density at radius 3 is 2.60 bits per heavy atom. The van der Waals surface area contributed by atoms with Gasteiger partial charge in [0.15, 0.2) is 0 Å². The number of amides is 1. The molecule has 1 fully saturated rings. The number of hydrogen-bond donors (Lipinski definition) is 0. The first-order chi connectivity index (χ1) is 9.45. The van der Waals surface area contributed by atoms with Gasteiger partial charge in [0.2, 0.25) is 5.91 Å². The van der Waals surface area contributed by atoms with E-state index in [4.69, 9.17) is 0 Å². The van der Waals surface area contributed by atoms with E-state index in [0.29, 0.717) is 11.8 Å². The maximum atomic E-state index is 12.1. The smallest absolute Gasteiger partial charge is 0.324 e. The normalized spacial score (nSPS) is 23.2. The Morgan fingerprint density at radius 2 is 2.05 bits per heavy atom.